The lowest BCUT2D eigenvalue weighted by atomic mass is 9.82. The second kappa shape index (κ2) is 14.3. The van der Waals surface area contributed by atoms with Crippen LogP contribution in [0.25, 0.3) is 0 Å². The van der Waals surface area contributed by atoms with Crippen molar-refractivity contribution >= 4 is 46.7 Å². The predicted molar refractivity (Wildman–Crippen MR) is 179 cm³/mol. The molecule has 45 heavy (non-hydrogen) atoms. The highest BCUT2D eigenvalue weighted by Gasteiger charge is 2.39. The Hall–Kier alpha value is -2.81. The minimum absolute atomic E-state index is 0.0276. The number of likely N-dealkylation sites (tertiary alicyclic amines) is 1. The summed E-state index contributed by atoms with van der Waals surface area (Å²) in [4.78, 5) is 45.9. The first kappa shape index (κ1) is 35.1. The molecule has 0 aromatic heterocycles. The van der Waals surface area contributed by atoms with Gasteiger partial charge in [-0.25, -0.2) is 0 Å². The van der Waals surface area contributed by atoms with Crippen LogP contribution < -0.4 is 4.90 Å². The molecule has 2 atom stereocenters. The van der Waals surface area contributed by atoms with E-state index in [1.54, 1.807) is 17.0 Å². The smallest absolute Gasteiger partial charge is 0.326 e. The van der Waals surface area contributed by atoms with E-state index in [0.29, 0.717) is 15.7 Å². The number of likely N-dealkylation sites (N-methyl/N-ethyl adjacent to an activating group) is 1. The Morgan fingerprint density at radius 2 is 1.47 bits per heavy atom. The van der Waals surface area contributed by atoms with Crippen LogP contribution in [0.2, 0.25) is 10.0 Å². The van der Waals surface area contributed by atoms with E-state index in [1.165, 1.54) is 0 Å². The molecule has 1 aliphatic carbocycles. The summed E-state index contributed by atoms with van der Waals surface area (Å²) >= 11 is 12.4. The lowest BCUT2D eigenvalue weighted by molar-refractivity contribution is -0.154. The molecule has 1 aliphatic heterocycles. The molecule has 0 radical (unpaired) electrons. The molecular weight excluding hydrogens is 613 g/mol. The summed E-state index contributed by atoms with van der Waals surface area (Å²) in [7, 11) is 1.87. The molecule has 1 amide bonds. The quantitative estimate of drug-likeness (QED) is 0.279. The first-order chi connectivity index (χ1) is 21.0. The number of halogens is 2. The molecule has 2 aromatic carbocycles. The number of benzene rings is 2. The van der Waals surface area contributed by atoms with Gasteiger partial charge >= 0.3 is 11.9 Å². The van der Waals surface area contributed by atoms with Gasteiger partial charge in [0.2, 0.25) is 5.91 Å². The van der Waals surface area contributed by atoms with Crippen LogP contribution in [0.4, 0.5) is 5.69 Å². The van der Waals surface area contributed by atoms with Crippen molar-refractivity contribution in [3.05, 3.63) is 63.1 Å². The monoisotopic (exact) mass is 659 g/mol. The number of aryl methyl sites for hydroxylation is 1. The number of carbonyl (C=O) groups is 3. The topological polar surface area (TPSA) is 79.4 Å². The van der Waals surface area contributed by atoms with E-state index < -0.39 is 23.1 Å². The molecule has 246 valence electrons. The molecule has 1 saturated heterocycles. The fourth-order valence-corrected chi connectivity index (χ4v) is 6.60. The maximum Gasteiger partial charge on any atom is 0.326 e. The van der Waals surface area contributed by atoms with Gasteiger partial charge in [-0.3, -0.25) is 19.3 Å². The number of rotatable bonds is 9. The third-order valence-electron chi connectivity index (χ3n) is 8.13. The van der Waals surface area contributed by atoms with Crippen molar-refractivity contribution in [2.45, 2.75) is 96.9 Å². The molecule has 0 bridgehead atoms. The highest BCUT2D eigenvalue weighted by molar-refractivity contribution is 6.42. The van der Waals surface area contributed by atoms with Gasteiger partial charge in [-0.05, 0) is 121 Å². The SMILES string of the molecule is CN(C(=O)Cc1ccc(Cl)c(Cl)c1)[C@H]1c2cc(N(CC(=O)OC(C)(C)C)CC(=O)OC(C)(C)C)ccc2CC[C@@H]1N1CCCC1. The summed E-state index contributed by atoms with van der Waals surface area (Å²) in [5.41, 5.74) is 2.33. The van der Waals surface area contributed by atoms with Crippen molar-refractivity contribution in [1.82, 2.24) is 9.80 Å². The summed E-state index contributed by atoms with van der Waals surface area (Å²) in [6, 6.07) is 11.3. The van der Waals surface area contributed by atoms with Crippen molar-refractivity contribution < 1.29 is 23.9 Å². The van der Waals surface area contributed by atoms with Crippen molar-refractivity contribution in [1.29, 1.82) is 0 Å². The van der Waals surface area contributed by atoms with Gasteiger partial charge in [0.1, 0.15) is 24.3 Å². The highest BCUT2D eigenvalue weighted by Crippen LogP contribution is 2.40. The molecule has 0 N–H and O–H groups in total. The van der Waals surface area contributed by atoms with Gasteiger partial charge in [-0.15, -0.1) is 0 Å². The zero-order valence-corrected chi connectivity index (χ0v) is 29.1. The highest BCUT2D eigenvalue weighted by atomic mass is 35.5. The molecule has 2 aliphatic rings. The Bertz CT molecular complexity index is 1360. The second-order valence-electron chi connectivity index (χ2n) is 14.1. The summed E-state index contributed by atoms with van der Waals surface area (Å²) in [6.07, 6.45) is 4.27. The molecule has 8 nitrogen and oxygen atoms in total. The van der Waals surface area contributed by atoms with Gasteiger partial charge in [-0.2, -0.15) is 0 Å². The Kier molecular flexibility index (Phi) is 11.1. The zero-order valence-electron chi connectivity index (χ0n) is 27.6. The molecular formula is C35H47Cl2N3O5. The van der Waals surface area contributed by atoms with Crippen LogP contribution in [-0.4, -0.2) is 78.1 Å². The van der Waals surface area contributed by atoms with Gasteiger partial charge in [-0.1, -0.05) is 35.3 Å². The van der Waals surface area contributed by atoms with Gasteiger partial charge in [0.25, 0.3) is 0 Å². The molecule has 0 saturated carbocycles. The Morgan fingerprint density at radius 1 is 0.867 bits per heavy atom. The average Bonchev–Trinajstić information content (AvgIpc) is 3.46. The van der Waals surface area contributed by atoms with E-state index in [4.69, 9.17) is 32.7 Å². The van der Waals surface area contributed by atoms with Crippen molar-refractivity contribution in [2.75, 3.05) is 38.1 Å². The van der Waals surface area contributed by atoms with E-state index in [0.717, 1.165) is 55.5 Å². The number of anilines is 1. The number of hydrogen-bond donors (Lipinski definition) is 0. The molecule has 4 rings (SSSR count). The minimum atomic E-state index is -0.671. The standard InChI is InChI=1S/C35H47Cl2N3O5/c1-34(2,3)44-31(42)21-40(22-32(43)45-35(4,5)6)25-13-11-24-12-15-29(39-16-8-9-17-39)33(26(24)20-25)38(7)30(41)19-23-10-14-27(36)28(37)18-23/h10-11,13-14,18,20,29,33H,8-9,12,15-17,19,21-22H2,1-7H3/t29-,33-/m0/s1. The van der Waals surface area contributed by atoms with Crippen molar-refractivity contribution in [3.8, 4) is 0 Å². The average molecular weight is 661 g/mol. The number of hydrogen-bond acceptors (Lipinski definition) is 7. The van der Waals surface area contributed by atoms with Gasteiger partial charge in [0.05, 0.1) is 22.5 Å². The third kappa shape index (κ3) is 9.60. The van der Waals surface area contributed by atoms with Crippen LogP contribution in [0.5, 0.6) is 0 Å². The zero-order chi connectivity index (χ0) is 33.1. The molecule has 0 spiro atoms. The molecule has 10 heteroatoms. The number of ether oxygens (including phenoxy) is 2. The molecule has 0 unspecified atom stereocenters. The number of amides is 1. The lowest BCUT2D eigenvalue weighted by Gasteiger charge is -2.44. The first-order valence-corrected chi connectivity index (χ1v) is 16.5. The summed E-state index contributed by atoms with van der Waals surface area (Å²) in [5, 5.41) is 0.869. The Morgan fingerprint density at radius 3 is 2.02 bits per heavy atom. The first-order valence-electron chi connectivity index (χ1n) is 15.8. The number of carbonyl (C=O) groups excluding carboxylic acids is 3. The molecule has 1 heterocycles. The van der Waals surface area contributed by atoms with Crippen molar-refractivity contribution in [2.24, 2.45) is 0 Å². The van der Waals surface area contributed by atoms with E-state index in [1.807, 2.05) is 71.7 Å². The molecule has 1 fully saturated rings. The molecule has 2 aromatic rings. The van der Waals surface area contributed by atoms with Crippen LogP contribution in [0.1, 0.15) is 83.5 Å². The number of nitrogens with zero attached hydrogens (tertiary/aromatic N) is 3. The predicted octanol–water partition coefficient (Wildman–Crippen LogP) is 6.64. The Balaban J connectivity index is 1.70. The van der Waals surface area contributed by atoms with Crippen LogP contribution >= 0.6 is 23.2 Å². The van der Waals surface area contributed by atoms with Crippen LogP contribution in [0.15, 0.2) is 36.4 Å². The maximum atomic E-state index is 13.9. The van der Waals surface area contributed by atoms with E-state index in [9.17, 15) is 14.4 Å². The van der Waals surface area contributed by atoms with E-state index in [-0.39, 0.29) is 37.5 Å². The van der Waals surface area contributed by atoms with Crippen LogP contribution in [-0.2, 0) is 36.7 Å². The number of esters is 2. The second-order valence-corrected chi connectivity index (χ2v) is 15.0. The van der Waals surface area contributed by atoms with Crippen molar-refractivity contribution in [3.63, 3.8) is 0 Å². The minimum Gasteiger partial charge on any atom is -0.459 e. The van der Waals surface area contributed by atoms with Gasteiger partial charge < -0.3 is 19.3 Å². The third-order valence-corrected chi connectivity index (χ3v) is 8.87. The van der Waals surface area contributed by atoms with E-state index in [2.05, 4.69) is 11.0 Å². The largest absolute Gasteiger partial charge is 0.459 e. The van der Waals surface area contributed by atoms with E-state index >= 15 is 0 Å². The fraction of sp³-hybridized carbons (Fsp3) is 0.571. The normalized spacial score (nSPS) is 18.7. The summed E-state index contributed by atoms with van der Waals surface area (Å²) in [5.74, 6) is -0.909. The summed E-state index contributed by atoms with van der Waals surface area (Å²) in [6.45, 7) is 12.6. The summed E-state index contributed by atoms with van der Waals surface area (Å²) < 4.78 is 11.2. The van der Waals surface area contributed by atoms with Crippen LogP contribution in [0.3, 0.4) is 0 Å². The van der Waals surface area contributed by atoms with Gasteiger partial charge in [0.15, 0.2) is 0 Å². The maximum absolute atomic E-state index is 13.9. The number of fused-ring (bicyclic) bond motifs is 1. The Labute approximate surface area is 277 Å². The van der Waals surface area contributed by atoms with Gasteiger partial charge in [0, 0.05) is 18.8 Å². The van der Waals surface area contributed by atoms with Crippen LogP contribution in [0, 0.1) is 0 Å². The fourth-order valence-electron chi connectivity index (χ4n) is 6.27. The lowest BCUT2D eigenvalue weighted by Crippen LogP contribution is -2.49.